The van der Waals surface area contributed by atoms with Crippen LogP contribution in [0.2, 0.25) is 0 Å². The summed E-state index contributed by atoms with van der Waals surface area (Å²) in [6.07, 6.45) is 0.273. The number of hydrogen-bond donors (Lipinski definition) is 3. The Bertz CT molecular complexity index is 299. The molecule has 0 unspecified atom stereocenters. The summed E-state index contributed by atoms with van der Waals surface area (Å²) < 4.78 is 0. The molecular formula is C9H13NO3Pb. The number of benzene rings is 1. The molecule has 0 aromatic heterocycles. The van der Waals surface area contributed by atoms with Crippen molar-refractivity contribution >= 4 is 33.3 Å². The van der Waals surface area contributed by atoms with E-state index in [1.54, 1.807) is 12.1 Å². The van der Waals surface area contributed by atoms with Crippen LogP contribution in [0.25, 0.3) is 0 Å². The van der Waals surface area contributed by atoms with Crippen LogP contribution in [0, 0.1) is 0 Å². The SMILES string of the molecule is N[C@@H](Cc1ccc(O)cc1)C(=O)O.[PbH2]. The second-order valence-electron chi connectivity index (χ2n) is 2.82. The zero-order chi connectivity index (χ0) is 9.84. The van der Waals surface area contributed by atoms with Gasteiger partial charge in [-0.3, -0.25) is 4.79 Å². The van der Waals surface area contributed by atoms with Crippen molar-refractivity contribution in [2.45, 2.75) is 12.5 Å². The van der Waals surface area contributed by atoms with Gasteiger partial charge in [0.1, 0.15) is 11.8 Å². The van der Waals surface area contributed by atoms with Crippen molar-refractivity contribution in [1.29, 1.82) is 0 Å². The number of aromatic hydroxyl groups is 1. The Hall–Kier alpha value is -0.628. The second kappa shape index (κ2) is 5.97. The Morgan fingerprint density at radius 3 is 2.29 bits per heavy atom. The molecule has 0 amide bonds. The van der Waals surface area contributed by atoms with Gasteiger partial charge >= 0.3 is 33.3 Å². The van der Waals surface area contributed by atoms with Crippen LogP contribution >= 0.6 is 0 Å². The third kappa shape index (κ3) is 4.05. The fraction of sp³-hybridized carbons (Fsp3) is 0.222. The Morgan fingerprint density at radius 1 is 1.36 bits per heavy atom. The van der Waals surface area contributed by atoms with Crippen LogP contribution < -0.4 is 5.73 Å². The van der Waals surface area contributed by atoms with Gasteiger partial charge in [-0.15, -0.1) is 0 Å². The molecular weight excluding hydrogens is 377 g/mol. The van der Waals surface area contributed by atoms with Crippen molar-refractivity contribution in [3.63, 3.8) is 0 Å². The number of phenolic OH excluding ortho intramolecular Hbond substituents is 1. The quantitative estimate of drug-likeness (QED) is 0.604. The van der Waals surface area contributed by atoms with E-state index in [2.05, 4.69) is 0 Å². The maximum absolute atomic E-state index is 10.4. The van der Waals surface area contributed by atoms with Crippen molar-refractivity contribution in [3.8, 4) is 5.75 Å². The van der Waals surface area contributed by atoms with Gasteiger partial charge in [-0.05, 0) is 24.1 Å². The van der Waals surface area contributed by atoms with E-state index >= 15 is 0 Å². The first-order valence-corrected chi connectivity index (χ1v) is 3.86. The van der Waals surface area contributed by atoms with Crippen molar-refractivity contribution in [2.75, 3.05) is 0 Å². The van der Waals surface area contributed by atoms with Crippen molar-refractivity contribution < 1.29 is 15.0 Å². The topological polar surface area (TPSA) is 83.5 Å². The number of phenols is 1. The van der Waals surface area contributed by atoms with E-state index in [0.717, 1.165) is 5.56 Å². The minimum atomic E-state index is -1.02. The van der Waals surface area contributed by atoms with Crippen molar-refractivity contribution in [1.82, 2.24) is 0 Å². The average Bonchev–Trinajstić information content (AvgIpc) is 2.08. The van der Waals surface area contributed by atoms with Gasteiger partial charge in [0.25, 0.3) is 0 Å². The summed E-state index contributed by atoms with van der Waals surface area (Å²) in [6.45, 7) is 0. The molecule has 76 valence electrons. The molecule has 5 heteroatoms. The molecule has 0 saturated carbocycles. The normalized spacial score (nSPS) is 11.5. The molecule has 0 saturated heterocycles. The van der Waals surface area contributed by atoms with Crippen LogP contribution in [0.4, 0.5) is 0 Å². The third-order valence-corrected chi connectivity index (χ3v) is 1.71. The maximum atomic E-state index is 10.4. The fourth-order valence-electron chi connectivity index (χ4n) is 0.973. The summed E-state index contributed by atoms with van der Waals surface area (Å²) in [4.78, 5) is 10.4. The van der Waals surface area contributed by atoms with Gasteiger partial charge < -0.3 is 15.9 Å². The number of nitrogens with two attached hydrogens (primary N) is 1. The van der Waals surface area contributed by atoms with Gasteiger partial charge in [-0.1, -0.05) is 12.1 Å². The second-order valence-corrected chi connectivity index (χ2v) is 2.82. The molecule has 2 radical (unpaired) electrons. The van der Waals surface area contributed by atoms with Gasteiger partial charge in [-0.25, -0.2) is 0 Å². The standard InChI is InChI=1S/C9H11NO3.Pb.2H/c10-8(9(12)13)5-6-1-3-7(11)4-2-6;;;/h1-4,8,11H,5,10H2,(H,12,13);;;/t8-;;;/m0.../s1. The van der Waals surface area contributed by atoms with E-state index in [9.17, 15) is 4.79 Å². The van der Waals surface area contributed by atoms with Crippen LogP contribution in [0.15, 0.2) is 24.3 Å². The predicted octanol–water partition coefficient (Wildman–Crippen LogP) is -0.570. The molecule has 1 rings (SSSR count). The first-order chi connectivity index (χ1) is 6.09. The molecule has 14 heavy (non-hydrogen) atoms. The van der Waals surface area contributed by atoms with Gasteiger partial charge in [-0.2, -0.15) is 0 Å². The van der Waals surface area contributed by atoms with Crippen LogP contribution in [0.5, 0.6) is 5.75 Å². The number of rotatable bonds is 3. The monoisotopic (exact) mass is 391 g/mol. The Kier molecular flexibility index (Phi) is 5.70. The first-order valence-electron chi connectivity index (χ1n) is 3.86. The summed E-state index contributed by atoms with van der Waals surface area (Å²) in [5, 5.41) is 17.5. The van der Waals surface area contributed by atoms with E-state index in [4.69, 9.17) is 15.9 Å². The van der Waals surface area contributed by atoms with Gasteiger partial charge in [0.15, 0.2) is 0 Å². The summed E-state index contributed by atoms with van der Waals surface area (Å²) in [5.74, 6) is -0.860. The molecule has 1 atom stereocenters. The molecule has 0 aliphatic carbocycles. The molecule has 0 fully saturated rings. The molecule has 1 aromatic carbocycles. The van der Waals surface area contributed by atoms with Crippen LogP contribution in [0.3, 0.4) is 0 Å². The van der Waals surface area contributed by atoms with E-state index in [1.165, 1.54) is 12.1 Å². The van der Waals surface area contributed by atoms with Crippen LogP contribution in [-0.4, -0.2) is 49.5 Å². The Labute approximate surface area is 102 Å². The van der Waals surface area contributed by atoms with E-state index in [-0.39, 0.29) is 39.5 Å². The zero-order valence-corrected chi connectivity index (χ0v) is 13.2. The Balaban J connectivity index is 0.00000169. The van der Waals surface area contributed by atoms with Gasteiger partial charge in [0, 0.05) is 0 Å². The van der Waals surface area contributed by atoms with E-state index < -0.39 is 12.0 Å². The molecule has 1 aromatic rings. The number of carboxylic acid groups (broad SMARTS) is 1. The minimum absolute atomic E-state index is 0. The molecule has 0 spiro atoms. The zero-order valence-electron chi connectivity index (χ0n) is 7.68. The van der Waals surface area contributed by atoms with Crippen molar-refractivity contribution in [3.05, 3.63) is 29.8 Å². The molecule has 0 bridgehead atoms. The van der Waals surface area contributed by atoms with Crippen LogP contribution in [-0.2, 0) is 11.2 Å². The molecule has 0 heterocycles. The predicted molar refractivity (Wildman–Crippen MR) is 56.0 cm³/mol. The van der Waals surface area contributed by atoms with Crippen molar-refractivity contribution in [2.24, 2.45) is 5.73 Å². The average molecular weight is 390 g/mol. The number of aliphatic carboxylic acids is 1. The van der Waals surface area contributed by atoms with E-state index in [0.29, 0.717) is 0 Å². The first kappa shape index (κ1) is 13.4. The van der Waals surface area contributed by atoms with Gasteiger partial charge in [0.05, 0.1) is 0 Å². The molecule has 0 aliphatic rings. The fourth-order valence-corrected chi connectivity index (χ4v) is 0.973. The third-order valence-electron chi connectivity index (χ3n) is 1.71. The Morgan fingerprint density at radius 2 is 1.86 bits per heavy atom. The molecule has 4 N–H and O–H groups in total. The summed E-state index contributed by atoms with van der Waals surface area (Å²) in [7, 11) is 0. The summed E-state index contributed by atoms with van der Waals surface area (Å²) >= 11 is 0. The summed E-state index contributed by atoms with van der Waals surface area (Å²) in [5.41, 5.74) is 6.12. The molecule has 4 nitrogen and oxygen atoms in total. The van der Waals surface area contributed by atoms with Crippen LogP contribution in [0.1, 0.15) is 5.56 Å². The number of carboxylic acids is 1. The summed E-state index contributed by atoms with van der Waals surface area (Å²) in [6, 6.07) is 5.42. The molecule has 0 aliphatic heterocycles. The van der Waals surface area contributed by atoms with Gasteiger partial charge in [0.2, 0.25) is 0 Å². The van der Waals surface area contributed by atoms with E-state index in [1.807, 2.05) is 0 Å². The number of hydrogen-bond acceptors (Lipinski definition) is 3. The number of carbonyl (C=O) groups is 1.